The van der Waals surface area contributed by atoms with Crippen LogP contribution >= 0.6 is 0 Å². The summed E-state index contributed by atoms with van der Waals surface area (Å²) >= 11 is 0. The van der Waals surface area contributed by atoms with Gasteiger partial charge in [-0.1, -0.05) is 24.3 Å². The summed E-state index contributed by atoms with van der Waals surface area (Å²) in [6, 6.07) is 6.83. The summed E-state index contributed by atoms with van der Waals surface area (Å²) in [4.78, 5) is 37.5. The summed E-state index contributed by atoms with van der Waals surface area (Å²) in [5, 5.41) is 0. The van der Waals surface area contributed by atoms with Crippen LogP contribution in [0, 0.1) is 0 Å². The van der Waals surface area contributed by atoms with Crippen molar-refractivity contribution < 1.29 is 9.59 Å². The van der Waals surface area contributed by atoms with Crippen molar-refractivity contribution in [2.24, 2.45) is 5.73 Å². The van der Waals surface area contributed by atoms with Crippen LogP contribution in [-0.2, 0) is 0 Å². The molecule has 3 N–H and O–H groups in total. The fourth-order valence-corrected chi connectivity index (χ4v) is 2.27. The number of rotatable bonds is 1. The van der Waals surface area contributed by atoms with Gasteiger partial charge in [-0.2, -0.15) is 0 Å². The number of aromatic nitrogens is 1. The molecule has 18 heavy (non-hydrogen) atoms. The Hall–Kier alpha value is -2.69. The molecule has 1 aliphatic rings. The molecule has 0 radical (unpaired) electrons. The summed E-state index contributed by atoms with van der Waals surface area (Å²) in [5.41, 5.74) is 6.19. The zero-order valence-electron chi connectivity index (χ0n) is 9.19. The highest BCUT2D eigenvalue weighted by molar-refractivity contribution is 6.24. The van der Waals surface area contributed by atoms with Crippen molar-refractivity contribution in [3.8, 4) is 11.1 Å². The highest BCUT2D eigenvalue weighted by Crippen LogP contribution is 2.36. The maximum absolute atomic E-state index is 12.1. The number of ketones is 1. The van der Waals surface area contributed by atoms with Crippen molar-refractivity contribution in [2.75, 3.05) is 0 Å². The molecule has 0 unspecified atom stereocenters. The maximum Gasteiger partial charge on any atom is 0.261 e. The Morgan fingerprint density at radius 2 is 1.72 bits per heavy atom. The van der Waals surface area contributed by atoms with Gasteiger partial charge in [-0.15, -0.1) is 0 Å². The molecule has 0 fully saturated rings. The third kappa shape index (κ3) is 1.18. The van der Waals surface area contributed by atoms with Gasteiger partial charge in [0, 0.05) is 22.9 Å². The van der Waals surface area contributed by atoms with E-state index in [0.717, 1.165) is 0 Å². The molecule has 1 heterocycles. The molecule has 0 saturated heterocycles. The first-order valence-electron chi connectivity index (χ1n) is 5.31. The number of nitrogens with one attached hydrogen (secondary N) is 1. The smallest absolute Gasteiger partial charge is 0.261 e. The molecule has 0 saturated carbocycles. The number of fused-ring (bicyclic) bond motifs is 3. The van der Waals surface area contributed by atoms with Gasteiger partial charge in [-0.05, 0) is 5.56 Å². The molecule has 0 aliphatic heterocycles. The van der Waals surface area contributed by atoms with E-state index in [4.69, 9.17) is 5.73 Å². The summed E-state index contributed by atoms with van der Waals surface area (Å²) in [7, 11) is 0. The molecule has 5 heteroatoms. The monoisotopic (exact) mass is 240 g/mol. The van der Waals surface area contributed by atoms with Crippen LogP contribution in [-0.4, -0.2) is 16.7 Å². The predicted molar refractivity (Wildman–Crippen MR) is 64.4 cm³/mol. The Bertz CT molecular complexity index is 759. The lowest BCUT2D eigenvalue weighted by Crippen LogP contribution is -2.25. The minimum atomic E-state index is -0.836. The first kappa shape index (κ1) is 10.5. The lowest BCUT2D eigenvalue weighted by atomic mass is 10.0. The Morgan fingerprint density at radius 1 is 1.06 bits per heavy atom. The number of nitrogens with two attached hydrogens (primary N) is 1. The first-order valence-corrected chi connectivity index (χ1v) is 5.31. The third-order valence-electron chi connectivity index (χ3n) is 3.03. The lowest BCUT2D eigenvalue weighted by Gasteiger charge is -2.03. The summed E-state index contributed by atoms with van der Waals surface area (Å²) in [6.45, 7) is 0. The fourth-order valence-electron chi connectivity index (χ4n) is 2.27. The largest absolute Gasteiger partial charge is 0.365 e. The van der Waals surface area contributed by atoms with Gasteiger partial charge in [-0.25, -0.2) is 0 Å². The second kappa shape index (κ2) is 3.40. The number of amides is 1. The van der Waals surface area contributed by atoms with Gasteiger partial charge in [0.1, 0.15) is 5.56 Å². The van der Waals surface area contributed by atoms with Crippen LogP contribution in [0.15, 0.2) is 35.3 Å². The summed E-state index contributed by atoms with van der Waals surface area (Å²) in [6.07, 6.45) is 1.33. The van der Waals surface area contributed by atoms with E-state index in [2.05, 4.69) is 4.98 Å². The van der Waals surface area contributed by atoms with E-state index in [1.807, 2.05) is 0 Å². The van der Waals surface area contributed by atoms with Crippen LogP contribution in [0.2, 0.25) is 0 Å². The van der Waals surface area contributed by atoms with Crippen molar-refractivity contribution in [1.29, 1.82) is 0 Å². The number of pyridine rings is 1. The molecule has 5 nitrogen and oxygen atoms in total. The highest BCUT2D eigenvalue weighted by Gasteiger charge is 2.31. The SMILES string of the molecule is NC(=O)c1c2c(c[nH]c1=O)C(=O)c1ccccc1-2. The topological polar surface area (TPSA) is 93.0 Å². The first-order chi connectivity index (χ1) is 8.61. The lowest BCUT2D eigenvalue weighted by molar-refractivity contribution is 0.0999. The van der Waals surface area contributed by atoms with Gasteiger partial charge in [0.05, 0.1) is 0 Å². The van der Waals surface area contributed by atoms with Gasteiger partial charge < -0.3 is 10.7 Å². The molecule has 0 atom stereocenters. The van der Waals surface area contributed by atoms with Gasteiger partial charge in [0.2, 0.25) is 0 Å². The van der Waals surface area contributed by atoms with Gasteiger partial charge in [-0.3, -0.25) is 14.4 Å². The van der Waals surface area contributed by atoms with Crippen LogP contribution in [0.4, 0.5) is 0 Å². The molecular weight excluding hydrogens is 232 g/mol. The van der Waals surface area contributed by atoms with Crippen LogP contribution in [0.1, 0.15) is 26.3 Å². The minimum absolute atomic E-state index is 0.161. The molecule has 0 spiro atoms. The molecule has 88 valence electrons. The maximum atomic E-state index is 12.1. The second-order valence-electron chi connectivity index (χ2n) is 4.02. The van der Waals surface area contributed by atoms with E-state index in [0.29, 0.717) is 22.3 Å². The molecule has 1 aromatic heterocycles. The number of aromatic amines is 1. The van der Waals surface area contributed by atoms with Gasteiger partial charge in [0.25, 0.3) is 11.5 Å². The Morgan fingerprint density at radius 3 is 2.39 bits per heavy atom. The number of hydrogen-bond acceptors (Lipinski definition) is 3. The minimum Gasteiger partial charge on any atom is -0.365 e. The molecule has 1 amide bonds. The number of hydrogen-bond donors (Lipinski definition) is 2. The molecular formula is C13H8N2O3. The number of H-pyrrole nitrogens is 1. The molecule has 2 aromatic rings. The quantitative estimate of drug-likeness (QED) is 0.655. The van der Waals surface area contributed by atoms with Gasteiger partial charge in [0.15, 0.2) is 5.78 Å². The molecule has 0 bridgehead atoms. The Labute approximate surface area is 101 Å². The Balaban J connectivity index is 2.49. The number of benzene rings is 1. The van der Waals surface area contributed by atoms with E-state index >= 15 is 0 Å². The molecule has 1 aromatic carbocycles. The van der Waals surface area contributed by atoms with Crippen molar-refractivity contribution >= 4 is 11.7 Å². The average molecular weight is 240 g/mol. The van der Waals surface area contributed by atoms with E-state index in [1.54, 1.807) is 24.3 Å². The number of primary amides is 1. The van der Waals surface area contributed by atoms with Crippen LogP contribution < -0.4 is 11.3 Å². The standard InChI is InChI=1S/C13H8N2O3/c14-12(17)10-9-6-3-1-2-4-7(6)11(16)8(9)5-15-13(10)18/h1-5H,(H2,14,17)(H,15,18). The van der Waals surface area contributed by atoms with Crippen molar-refractivity contribution in [2.45, 2.75) is 0 Å². The van der Waals surface area contributed by atoms with Crippen molar-refractivity contribution in [3.63, 3.8) is 0 Å². The molecule has 1 aliphatic carbocycles. The van der Waals surface area contributed by atoms with Crippen molar-refractivity contribution in [3.05, 3.63) is 57.5 Å². The second-order valence-corrected chi connectivity index (χ2v) is 4.02. The van der Waals surface area contributed by atoms with E-state index in [-0.39, 0.29) is 11.3 Å². The van der Waals surface area contributed by atoms with E-state index in [9.17, 15) is 14.4 Å². The molecule has 3 rings (SSSR count). The van der Waals surface area contributed by atoms with E-state index in [1.165, 1.54) is 6.20 Å². The summed E-state index contributed by atoms with van der Waals surface area (Å²) in [5.74, 6) is -1.04. The number of carbonyl (C=O) groups is 2. The third-order valence-corrected chi connectivity index (χ3v) is 3.03. The zero-order valence-corrected chi connectivity index (χ0v) is 9.19. The van der Waals surface area contributed by atoms with Crippen LogP contribution in [0.5, 0.6) is 0 Å². The highest BCUT2D eigenvalue weighted by atomic mass is 16.2. The number of carbonyl (C=O) groups excluding carboxylic acids is 2. The van der Waals surface area contributed by atoms with Crippen LogP contribution in [0.3, 0.4) is 0 Å². The summed E-state index contributed by atoms with van der Waals surface area (Å²) < 4.78 is 0. The zero-order chi connectivity index (χ0) is 12.9. The van der Waals surface area contributed by atoms with Crippen molar-refractivity contribution in [1.82, 2.24) is 4.98 Å². The van der Waals surface area contributed by atoms with Crippen LogP contribution in [0.25, 0.3) is 11.1 Å². The fraction of sp³-hybridized carbons (Fsp3) is 0. The van der Waals surface area contributed by atoms with Gasteiger partial charge >= 0.3 is 0 Å². The predicted octanol–water partition coefficient (Wildman–Crippen LogP) is 0.685. The Kier molecular flexibility index (Phi) is 1.98. The normalized spacial score (nSPS) is 12.1. The average Bonchev–Trinajstić information content (AvgIpc) is 2.63. The van der Waals surface area contributed by atoms with E-state index < -0.39 is 11.5 Å².